The third-order valence-electron chi connectivity index (χ3n) is 7.08. The van der Waals surface area contributed by atoms with Crippen LogP contribution < -0.4 is 4.74 Å². The molecule has 0 radical (unpaired) electrons. The molecule has 0 bridgehead atoms. The fraction of sp³-hybridized carbons (Fsp3) is 0.615. The van der Waals surface area contributed by atoms with Gasteiger partial charge in [-0.05, 0) is 42.9 Å². The molecule has 0 spiro atoms. The van der Waals surface area contributed by atoms with Gasteiger partial charge >= 0.3 is 0 Å². The molecule has 0 aliphatic carbocycles. The normalized spacial score (nSPS) is 17.5. The van der Waals surface area contributed by atoms with Gasteiger partial charge in [-0.1, -0.05) is 24.2 Å². The molecular formula is C26H37N5O4. The molecular weight excluding hydrogens is 446 g/mol. The van der Waals surface area contributed by atoms with Crippen molar-refractivity contribution in [2.45, 2.75) is 52.0 Å². The maximum Gasteiger partial charge on any atom is 0.227 e. The highest BCUT2D eigenvalue weighted by Crippen LogP contribution is 2.17. The van der Waals surface area contributed by atoms with Crippen LogP contribution in [0.25, 0.3) is 0 Å². The lowest BCUT2D eigenvalue weighted by molar-refractivity contribution is -0.133. The zero-order valence-corrected chi connectivity index (χ0v) is 20.9. The van der Waals surface area contributed by atoms with Crippen molar-refractivity contribution in [3.63, 3.8) is 0 Å². The van der Waals surface area contributed by atoms with Crippen molar-refractivity contribution >= 4 is 11.8 Å². The molecule has 1 aromatic carbocycles. The Morgan fingerprint density at radius 2 is 1.57 bits per heavy atom. The smallest absolute Gasteiger partial charge is 0.227 e. The Morgan fingerprint density at radius 3 is 2.23 bits per heavy atom. The van der Waals surface area contributed by atoms with Crippen LogP contribution >= 0.6 is 0 Å². The summed E-state index contributed by atoms with van der Waals surface area (Å²) in [5, 5.41) is 4.10. The third-order valence-corrected chi connectivity index (χ3v) is 7.08. The van der Waals surface area contributed by atoms with Crippen molar-refractivity contribution in [2.75, 3.05) is 46.4 Å². The van der Waals surface area contributed by atoms with Crippen molar-refractivity contribution in [3.8, 4) is 5.75 Å². The number of carbonyl (C=O) groups is 2. The molecule has 2 aromatic rings. The summed E-state index contributed by atoms with van der Waals surface area (Å²) < 4.78 is 10.6. The standard InChI is InChI=1S/C26H37N5O4/c1-20-11-13-30(14-12-20)26(33)10-8-24-27-23(28-35-24)19-29-15-17-31(18-16-29)25(32)9-5-21-3-6-22(34-2)7-4-21/h3-4,6-7,20H,5,8-19H2,1-2H3. The molecule has 0 N–H and O–H groups in total. The molecule has 2 aliphatic heterocycles. The number of ether oxygens (including phenoxy) is 1. The molecule has 1 aromatic heterocycles. The molecule has 4 rings (SSSR count). The highest BCUT2D eigenvalue weighted by atomic mass is 16.5. The predicted octanol–water partition coefficient (Wildman–Crippen LogP) is 2.55. The van der Waals surface area contributed by atoms with E-state index in [1.54, 1.807) is 7.11 Å². The van der Waals surface area contributed by atoms with E-state index in [4.69, 9.17) is 9.26 Å². The number of amides is 2. The van der Waals surface area contributed by atoms with Crippen LogP contribution in [0, 0.1) is 5.92 Å². The predicted molar refractivity (Wildman–Crippen MR) is 131 cm³/mol. The first-order chi connectivity index (χ1) is 17.0. The molecule has 2 amide bonds. The Balaban J connectivity index is 1.14. The number of hydrogen-bond acceptors (Lipinski definition) is 7. The second-order valence-electron chi connectivity index (χ2n) is 9.67. The maximum absolute atomic E-state index is 12.6. The Bertz CT molecular complexity index is 960. The number of aryl methyl sites for hydroxylation is 2. The molecule has 0 saturated carbocycles. The topological polar surface area (TPSA) is 92.0 Å². The monoisotopic (exact) mass is 483 g/mol. The van der Waals surface area contributed by atoms with Crippen LogP contribution in [-0.4, -0.2) is 83.0 Å². The van der Waals surface area contributed by atoms with E-state index in [0.717, 1.165) is 56.8 Å². The number of piperazine rings is 1. The van der Waals surface area contributed by atoms with Crippen LogP contribution in [0.5, 0.6) is 5.75 Å². The van der Waals surface area contributed by atoms with E-state index in [1.165, 1.54) is 0 Å². The Labute approximate surface area is 207 Å². The number of likely N-dealkylation sites (tertiary alicyclic amines) is 1. The first-order valence-corrected chi connectivity index (χ1v) is 12.7. The van der Waals surface area contributed by atoms with Gasteiger partial charge in [-0.15, -0.1) is 0 Å². The van der Waals surface area contributed by atoms with Gasteiger partial charge in [0.2, 0.25) is 17.7 Å². The van der Waals surface area contributed by atoms with E-state index < -0.39 is 0 Å². The summed E-state index contributed by atoms with van der Waals surface area (Å²) in [4.78, 5) is 35.7. The van der Waals surface area contributed by atoms with E-state index in [1.807, 2.05) is 34.1 Å². The van der Waals surface area contributed by atoms with E-state index in [9.17, 15) is 9.59 Å². The van der Waals surface area contributed by atoms with Gasteiger partial charge in [-0.2, -0.15) is 4.98 Å². The van der Waals surface area contributed by atoms with Gasteiger partial charge < -0.3 is 19.1 Å². The summed E-state index contributed by atoms with van der Waals surface area (Å²) >= 11 is 0. The number of benzene rings is 1. The lowest BCUT2D eigenvalue weighted by Crippen LogP contribution is -2.48. The molecule has 2 saturated heterocycles. The highest BCUT2D eigenvalue weighted by molar-refractivity contribution is 5.77. The van der Waals surface area contributed by atoms with Crippen molar-refractivity contribution in [2.24, 2.45) is 5.92 Å². The van der Waals surface area contributed by atoms with Gasteiger partial charge in [-0.25, -0.2) is 0 Å². The van der Waals surface area contributed by atoms with Gasteiger partial charge in [0.15, 0.2) is 5.82 Å². The number of piperidine rings is 1. The third kappa shape index (κ3) is 7.27. The Hall–Kier alpha value is -2.94. The molecule has 35 heavy (non-hydrogen) atoms. The molecule has 190 valence electrons. The maximum atomic E-state index is 12.6. The number of carbonyl (C=O) groups excluding carboxylic acids is 2. The van der Waals surface area contributed by atoms with Crippen molar-refractivity contribution in [1.82, 2.24) is 24.8 Å². The summed E-state index contributed by atoms with van der Waals surface area (Å²) in [5.74, 6) is 3.05. The second kappa shape index (κ2) is 12.2. The Kier molecular flexibility index (Phi) is 8.74. The number of hydrogen-bond donors (Lipinski definition) is 0. The van der Waals surface area contributed by atoms with E-state index in [-0.39, 0.29) is 11.8 Å². The fourth-order valence-corrected chi connectivity index (χ4v) is 4.64. The molecule has 9 nitrogen and oxygen atoms in total. The lowest BCUT2D eigenvalue weighted by atomic mass is 9.99. The van der Waals surface area contributed by atoms with Crippen LogP contribution in [0.3, 0.4) is 0 Å². The van der Waals surface area contributed by atoms with Gasteiger partial charge in [0.25, 0.3) is 0 Å². The number of nitrogens with zero attached hydrogens (tertiary/aromatic N) is 5. The molecule has 0 atom stereocenters. The molecule has 3 heterocycles. The lowest BCUT2D eigenvalue weighted by Gasteiger charge is -2.34. The minimum Gasteiger partial charge on any atom is -0.497 e. The van der Waals surface area contributed by atoms with Gasteiger partial charge in [0, 0.05) is 58.5 Å². The molecule has 0 unspecified atom stereocenters. The highest BCUT2D eigenvalue weighted by Gasteiger charge is 2.23. The minimum atomic E-state index is 0.171. The number of aromatic nitrogens is 2. The minimum absolute atomic E-state index is 0.171. The van der Waals surface area contributed by atoms with Crippen LogP contribution in [0.15, 0.2) is 28.8 Å². The van der Waals surface area contributed by atoms with Crippen LogP contribution in [0.2, 0.25) is 0 Å². The fourth-order valence-electron chi connectivity index (χ4n) is 4.64. The average Bonchev–Trinajstić information content (AvgIpc) is 3.34. The molecule has 2 fully saturated rings. The Morgan fingerprint density at radius 1 is 0.943 bits per heavy atom. The molecule has 2 aliphatic rings. The summed E-state index contributed by atoms with van der Waals surface area (Å²) in [6.45, 7) is 7.51. The van der Waals surface area contributed by atoms with Crippen molar-refractivity contribution < 1.29 is 18.8 Å². The summed E-state index contributed by atoms with van der Waals surface area (Å²) in [6, 6.07) is 7.87. The van der Waals surface area contributed by atoms with E-state index in [0.29, 0.717) is 56.5 Å². The largest absolute Gasteiger partial charge is 0.497 e. The SMILES string of the molecule is COc1ccc(CCC(=O)N2CCN(Cc3noc(CCC(=O)N4CCC(C)CC4)n3)CC2)cc1. The first kappa shape index (κ1) is 25.2. The molecule has 9 heteroatoms. The van der Waals surface area contributed by atoms with E-state index in [2.05, 4.69) is 22.0 Å². The van der Waals surface area contributed by atoms with Crippen LogP contribution in [0.1, 0.15) is 49.9 Å². The summed E-state index contributed by atoms with van der Waals surface area (Å²) in [7, 11) is 1.65. The first-order valence-electron chi connectivity index (χ1n) is 12.7. The quantitative estimate of drug-likeness (QED) is 0.541. The van der Waals surface area contributed by atoms with Crippen molar-refractivity contribution in [1.29, 1.82) is 0 Å². The zero-order valence-electron chi connectivity index (χ0n) is 20.9. The summed E-state index contributed by atoms with van der Waals surface area (Å²) in [5.41, 5.74) is 1.14. The number of methoxy groups -OCH3 is 1. The zero-order chi connectivity index (χ0) is 24.6. The van der Waals surface area contributed by atoms with Crippen LogP contribution in [0.4, 0.5) is 0 Å². The number of rotatable bonds is 9. The van der Waals surface area contributed by atoms with Crippen LogP contribution in [-0.2, 0) is 29.0 Å². The van der Waals surface area contributed by atoms with Gasteiger partial charge in [0.05, 0.1) is 13.7 Å². The van der Waals surface area contributed by atoms with Crippen molar-refractivity contribution in [3.05, 3.63) is 41.5 Å². The second-order valence-corrected chi connectivity index (χ2v) is 9.67. The van der Waals surface area contributed by atoms with E-state index >= 15 is 0 Å². The average molecular weight is 484 g/mol. The van der Waals surface area contributed by atoms with Gasteiger partial charge in [-0.3, -0.25) is 14.5 Å². The summed E-state index contributed by atoms with van der Waals surface area (Å²) in [6.07, 6.45) is 4.29. The van der Waals surface area contributed by atoms with Gasteiger partial charge in [0.1, 0.15) is 5.75 Å².